The standard InChI is InChI=1S/C12H12F4O2/c1-7(2)6-18-9-5-3-4-8(10(9)13)11(17)12(14,15)16/h3-5,7H,6H2,1-2H3. The Morgan fingerprint density at radius 3 is 2.44 bits per heavy atom. The van der Waals surface area contributed by atoms with Gasteiger partial charge in [-0.15, -0.1) is 0 Å². The van der Waals surface area contributed by atoms with Gasteiger partial charge in [0.05, 0.1) is 12.2 Å². The van der Waals surface area contributed by atoms with E-state index < -0.39 is 23.3 Å². The van der Waals surface area contributed by atoms with Crippen molar-refractivity contribution in [2.45, 2.75) is 20.0 Å². The summed E-state index contributed by atoms with van der Waals surface area (Å²) in [4.78, 5) is 11.0. The second kappa shape index (κ2) is 5.37. The lowest BCUT2D eigenvalue weighted by atomic mass is 10.1. The molecule has 18 heavy (non-hydrogen) atoms. The number of Topliss-reactive ketones (excluding diaryl/α,β-unsaturated/α-hetero) is 1. The van der Waals surface area contributed by atoms with Gasteiger partial charge in [0.1, 0.15) is 0 Å². The van der Waals surface area contributed by atoms with Crippen LogP contribution in [-0.4, -0.2) is 18.6 Å². The van der Waals surface area contributed by atoms with Crippen molar-refractivity contribution in [3.05, 3.63) is 29.6 Å². The first-order chi connectivity index (χ1) is 8.23. The molecule has 1 aromatic carbocycles. The molecule has 0 amide bonds. The number of rotatable bonds is 4. The fourth-order valence-electron chi connectivity index (χ4n) is 1.21. The second-order valence-corrected chi connectivity index (χ2v) is 4.15. The molecule has 0 radical (unpaired) electrons. The van der Waals surface area contributed by atoms with Gasteiger partial charge in [0.15, 0.2) is 11.6 Å². The van der Waals surface area contributed by atoms with E-state index in [1.807, 2.05) is 13.8 Å². The minimum Gasteiger partial charge on any atom is -0.490 e. The fourth-order valence-corrected chi connectivity index (χ4v) is 1.21. The van der Waals surface area contributed by atoms with E-state index in [1.165, 1.54) is 6.07 Å². The number of hydrogen-bond acceptors (Lipinski definition) is 2. The molecule has 100 valence electrons. The number of ether oxygens (including phenoxy) is 1. The molecule has 0 aromatic heterocycles. The van der Waals surface area contributed by atoms with E-state index in [-0.39, 0.29) is 18.3 Å². The van der Waals surface area contributed by atoms with Gasteiger partial charge in [-0.05, 0) is 18.1 Å². The topological polar surface area (TPSA) is 26.3 Å². The van der Waals surface area contributed by atoms with Gasteiger partial charge in [-0.3, -0.25) is 4.79 Å². The number of carbonyl (C=O) groups excluding carboxylic acids is 1. The molecule has 0 saturated carbocycles. The molecule has 0 spiro atoms. The quantitative estimate of drug-likeness (QED) is 0.613. The molecule has 0 bridgehead atoms. The van der Waals surface area contributed by atoms with Crippen LogP contribution in [0.3, 0.4) is 0 Å². The third kappa shape index (κ3) is 3.45. The molecule has 6 heteroatoms. The van der Waals surface area contributed by atoms with Crippen LogP contribution < -0.4 is 4.74 Å². The number of benzene rings is 1. The van der Waals surface area contributed by atoms with Gasteiger partial charge in [0.25, 0.3) is 5.78 Å². The van der Waals surface area contributed by atoms with Crippen molar-refractivity contribution in [1.82, 2.24) is 0 Å². The molecular formula is C12H12F4O2. The Morgan fingerprint density at radius 1 is 1.33 bits per heavy atom. The molecule has 0 atom stereocenters. The zero-order valence-electron chi connectivity index (χ0n) is 9.84. The van der Waals surface area contributed by atoms with E-state index in [4.69, 9.17) is 4.74 Å². The monoisotopic (exact) mass is 264 g/mol. The Bertz CT molecular complexity index is 438. The lowest BCUT2D eigenvalue weighted by molar-refractivity contribution is -0.0887. The van der Waals surface area contributed by atoms with E-state index >= 15 is 0 Å². The number of ketones is 1. The molecule has 1 aromatic rings. The maximum atomic E-state index is 13.7. The minimum atomic E-state index is -5.10. The van der Waals surface area contributed by atoms with Crippen LogP contribution in [0.5, 0.6) is 5.75 Å². The first-order valence-electron chi connectivity index (χ1n) is 5.26. The van der Waals surface area contributed by atoms with Crippen LogP contribution in [0, 0.1) is 11.7 Å². The first-order valence-corrected chi connectivity index (χ1v) is 5.26. The summed E-state index contributed by atoms with van der Waals surface area (Å²) < 4.78 is 55.3. The number of hydrogen-bond donors (Lipinski definition) is 0. The van der Waals surface area contributed by atoms with Crippen molar-refractivity contribution in [2.24, 2.45) is 5.92 Å². The Kier molecular flexibility index (Phi) is 4.32. The van der Waals surface area contributed by atoms with Gasteiger partial charge >= 0.3 is 6.18 Å². The van der Waals surface area contributed by atoms with Gasteiger partial charge in [0.2, 0.25) is 0 Å². The first kappa shape index (κ1) is 14.5. The summed E-state index contributed by atoms with van der Waals surface area (Å²) in [6, 6.07) is 3.12. The molecular weight excluding hydrogens is 252 g/mol. The van der Waals surface area contributed by atoms with Gasteiger partial charge in [0, 0.05) is 0 Å². The lowest BCUT2D eigenvalue weighted by Crippen LogP contribution is -2.24. The lowest BCUT2D eigenvalue weighted by Gasteiger charge is -2.12. The molecule has 0 aliphatic carbocycles. The summed E-state index contributed by atoms with van der Waals surface area (Å²) in [5.74, 6) is -3.75. The summed E-state index contributed by atoms with van der Waals surface area (Å²) in [6.45, 7) is 3.77. The Morgan fingerprint density at radius 2 is 1.94 bits per heavy atom. The van der Waals surface area contributed by atoms with E-state index in [2.05, 4.69) is 0 Å². The molecule has 0 aliphatic heterocycles. The predicted molar refractivity (Wildman–Crippen MR) is 57.1 cm³/mol. The Labute approximate surface area is 102 Å². The summed E-state index contributed by atoms with van der Waals surface area (Å²) in [6.07, 6.45) is -5.10. The highest BCUT2D eigenvalue weighted by atomic mass is 19.4. The van der Waals surface area contributed by atoms with Crippen LogP contribution in [0.25, 0.3) is 0 Å². The molecule has 0 unspecified atom stereocenters. The van der Waals surface area contributed by atoms with Crippen LogP contribution in [0.2, 0.25) is 0 Å². The van der Waals surface area contributed by atoms with Crippen LogP contribution >= 0.6 is 0 Å². The smallest absolute Gasteiger partial charge is 0.454 e. The fraction of sp³-hybridized carbons (Fsp3) is 0.417. The normalized spacial score (nSPS) is 11.7. The van der Waals surface area contributed by atoms with Gasteiger partial charge < -0.3 is 4.74 Å². The highest BCUT2D eigenvalue weighted by Gasteiger charge is 2.41. The van der Waals surface area contributed by atoms with Crippen molar-refractivity contribution in [3.63, 3.8) is 0 Å². The third-order valence-electron chi connectivity index (χ3n) is 2.04. The van der Waals surface area contributed by atoms with Crippen molar-refractivity contribution in [3.8, 4) is 5.75 Å². The van der Waals surface area contributed by atoms with Crippen molar-refractivity contribution < 1.29 is 27.1 Å². The average molecular weight is 264 g/mol. The molecule has 0 N–H and O–H groups in total. The Hall–Kier alpha value is -1.59. The van der Waals surface area contributed by atoms with E-state index in [1.54, 1.807) is 0 Å². The third-order valence-corrected chi connectivity index (χ3v) is 2.04. The average Bonchev–Trinajstić information content (AvgIpc) is 2.25. The summed E-state index contributed by atoms with van der Waals surface area (Å²) in [5, 5.41) is 0. The van der Waals surface area contributed by atoms with Crippen molar-refractivity contribution >= 4 is 5.78 Å². The minimum absolute atomic E-state index is 0.0892. The van der Waals surface area contributed by atoms with E-state index in [9.17, 15) is 22.4 Å². The molecule has 0 fully saturated rings. The highest BCUT2D eigenvalue weighted by Crippen LogP contribution is 2.27. The zero-order chi connectivity index (χ0) is 13.9. The number of carbonyl (C=O) groups is 1. The largest absolute Gasteiger partial charge is 0.490 e. The Balaban J connectivity index is 3.02. The second-order valence-electron chi connectivity index (χ2n) is 4.15. The molecule has 0 heterocycles. The summed E-state index contributed by atoms with van der Waals surface area (Å²) in [5.41, 5.74) is -1.02. The van der Waals surface area contributed by atoms with Crippen LogP contribution in [0.1, 0.15) is 24.2 Å². The summed E-state index contributed by atoms with van der Waals surface area (Å²) in [7, 11) is 0. The maximum Gasteiger partial charge on any atom is 0.454 e. The van der Waals surface area contributed by atoms with E-state index in [0.717, 1.165) is 12.1 Å². The van der Waals surface area contributed by atoms with E-state index in [0.29, 0.717) is 0 Å². The van der Waals surface area contributed by atoms with Crippen LogP contribution in [-0.2, 0) is 0 Å². The van der Waals surface area contributed by atoms with Crippen molar-refractivity contribution in [2.75, 3.05) is 6.61 Å². The van der Waals surface area contributed by atoms with Gasteiger partial charge in [-0.1, -0.05) is 19.9 Å². The molecule has 0 aliphatic rings. The van der Waals surface area contributed by atoms with Gasteiger partial charge in [-0.2, -0.15) is 13.2 Å². The highest BCUT2D eigenvalue weighted by molar-refractivity contribution is 6.00. The zero-order valence-corrected chi connectivity index (χ0v) is 9.84. The molecule has 2 nitrogen and oxygen atoms in total. The van der Waals surface area contributed by atoms with Crippen LogP contribution in [0.4, 0.5) is 17.6 Å². The van der Waals surface area contributed by atoms with Crippen LogP contribution in [0.15, 0.2) is 18.2 Å². The van der Waals surface area contributed by atoms with Gasteiger partial charge in [-0.25, -0.2) is 4.39 Å². The predicted octanol–water partition coefficient (Wildman–Crippen LogP) is 3.61. The number of halogens is 4. The SMILES string of the molecule is CC(C)COc1cccc(C(=O)C(F)(F)F)c1F. The molecule has 1 rings (SSSR count). The summed E-state index contributed by atoms with van der Waals surface area (Å²) >= 11 is 0. The maximum absolute atomic E-state index is 13.7. The molecule has 0 saturated heterocycles. The number of alkyl halides is 3. The van der Waals surface area contributed by atoms with Crippen molar-refractivity contribution in [1.29, 1.82) is 0 Å².